The monoisotopic (exact) mass is 327 g/mol. The third-order valence-corrected chi connectivity index (χ3v) is 3.32. The Kier molecular flexibility index (Phi) is 5.99. The number of likely N-dealkylation sites (tertiary alicyclic amines) is 1. The lowest BCUT2D eigenvalue weighted by Gasteiger charge is -2.45. The van der Waals surface area contributed by atoms with Crippen LogP contribution in [0.2, 0.25) is 0 Å². The Bertz CT molecular complexity index is 486. The summed E-state index contributed by atoms with van der Waals surface area (Å²) in [5, 5.41) is 0. The van der Waals surface area contributed by atoms with Crippen LogP contribution in [0.15, 0.2) is 11.6 Å². The minimum absolute atomic E-state index is 0.163. The molecule has 132 valence electrons. The molecule has 23 heavy (non-hydrogen) atoms. The number of carbonyl (C=O) groups excluding carboxylic acids is 2. The summed E-state index contributed by atoms with van der Waals surface area (Å²) in [4.78, 5) is 25.7. The van der Waals surface area contributed by atoms with Crippen molar-refractivity contribution < 1.29 is 23.8 Å². The van der Waals surface area contributed by atoms with Crippen molar-refractivity contribution >= 4 is 12.0 Å². The highest BCUT2D eigenvalue weighted by atomic mass is 16.7. The lowest BCUT2D eigenvalue weighted by atomic mass is 9.96. The molecule has 0 bridgehead atoms. The van der Waals surface area contributed by atoms with E-state index in [1.165, 1.54) is 7.11 Å². The molecule has 1 rings (SSSR count). The van der Waals surface area contributed by atoms with Crippen molar-refractivity contribution in [2.24, 2.45) is 5.41 Å². The van der Waals surface area contributed by atoms with Gasteiger partial charge in [0.15, 0.2) is 11.9 Å². The zero-order valence-corrected chi connectivity index (χ0v) is 15.4. The summed E-state index contributed by atoms with van der Waals surface area (Å²) in [5.74, 6) is -1.31. The Balaban J connectivity index is 2.86. The number of carbonyl (C=O) groups is 2. The number of β-lactam (4-membered cyclic amide) rings is 1. The Morgan fingerprint density at radius 2 is 1.78 bits per heavy atom. The van der Waals surface area contributed by atoms with Gasteiger partial charge in [0, 0.05) is 7.11 Å². The van der Waals surface area contributed by atoms with Crippen LogP contribution in [0, 0.1) is 5.41 Å². The first-order valence-electron chi connectivity index (χ1n) is 7.76. The van der Waals surface area contributed by atoms with Crippen LogP contribution in [0.25, 0.3) is 0 Å². The summed E-state index contributed by atoms with van der Waals surface area (Å²) in [6.07, 6.45) is 0.445. The van der Waals surface area contributed by atoms with Gasteiger partial charge in [-0.15, -0.1) is 0 Å². The van der Waals surface area contributed by atoms with Gasteiger partial charge in [-0.1, -0.05) is 32.4 Å². The highest BCUT2D eigenvalue weighted by molar-refractivity contribution is 6.01. The number of imide groups is 1. The Morgan fingerprint density at radius 1 is 1.22 bits per heavy atom. The minimum atomic E-state index is -0.907. The van der Waals surface area contributed by atoms with Gasteiger partial charge in [-0.2, -0.15) is 0 Å². The van der Waals surface area contributed by atoms with Crippen molar-refractivity contribution in [2.75, 3.05) is 13.7 Å². The molecule has 0 unspecified atom stereocenters. The lowest BCUT2D eigenvalue weighted by Crippen LogP contribution is -2.68. The van der Waals surface area contributed by atoms with E-state index in [2.05, 4.69) is 0 Å². The van der Waals surface area contributed by atoms with Gasteiger partial charge in [0.05, 0.1) is 12.6 Å². The van der Waals surface area contributed by atoms with Crippen molar-refractivity contribution in [3.8, 4) is 0 Å². The number of rotatable bonds is 5. The highest BCUT2D eigenvalue weighted by Gasteiger charge is 2.53. The third-order valence-electron chi connectivity index (χ3n) is 3.32. The van der Waals surface area contributed by atoms with Crippen LogP contribution in [0.5, 0.6) is 0 Å². The standard InChI is InChI=1S/C17H29NO5/c1-11(2)9-12-13(23-17(6,7)21-8)14(19)18(12)15(20)22-10-16(3,4)5/h9,12-13H,10H2,1-8H3/t12-,13+/m1/s1. The Labute approximate surface area is 138 Å². The first-order valence-corrected chi connectivity index (χ1v) is 7.76. The summed E-state index contributed by atoms with van der Waals surface area (Å²) in [7, 11) is 1.51. The SMILES string of the molecule is COC(C)(C)O[C@@H]1C(=O)N(C(=O)OCC(C)(C)C)[C@@H]1C=C(C)C. The van der Waals surface area contributed by atoms with Gasteiger partial charge < -0.3 is 14.2 Å². The zero-order chi connectivity index (χ0) is 18.0. The normalized spacial score (nSPS) is 21.7. The predicted molar refractivity (Wildman–Crippen MR) is 86.8 cm³/mol. The number of amides is 2. The molecule has 0 saturated carbocycles. The molecule has 1 saturated heterocycles. The number of hydrogen-bond acceptors (Lipinski definition) is 5. The van der Waals surface area contributed by atoms with Crippen LogP contribution in [-0.2, 0) is 19.0 Å². The van der Waals surface area contributed by atoms with E-state index in [-0.39, 0.29) is 12.0 Å². The van der Waals surface area contributed by atoms with Crippen LogP contribution in [0.4, 0.5) is 4.79 Å². The van der Waals surface area contributed by atoms with E-state index in [1.807, 2.05) is 40.7 Å². The van der Waals surface area contributed by atoms with Gasteiger partial charge in [0.25, 0.3) is 5.91 Å². The second-order valence-corrected chi connectivity index (χ2v) is 7.70. The number of hydrogen-bond donors (Lipinski definition) is 0. The second-order valence-electron chi connectivity index (χ2n) is 7.70. The predicted octanol–water partition coefficient (Wildman–Crippen LogP) is 3.11. The molecule has 0 N–H and O–H groups in total. The molecule has 0 spiro atoms. The molecule has 6 nitrogen and oxygen atoms in total. The summed E-state index contributed by atoms with van der Waals surface area (Å²) in [6.45, 7) is 13.4. The van der Waals surface area contributed by atoms with E-state index >= 15 is 0 Å². The Hall–Kier alpha value is -1.40. The fraction of sp³-hybridized carbons (Fsp3) is 0.765. The van der Waals surface area contributed by atoms with Gasteiger partial charge in [-0.25, -0.2) is 9.69 Å². The maximum atomic E-state index is 12.3. The van der Waals surface area contributed by atoms with Gasteiger partial charge in [0.1, 0.15) is 0 Å². The average molecular weight is 327 g/mol. The number of ether oxygens (including phenoxy) is 3. The number of allylic oxidation sites excluding steroid dienone is 1. The van der Waals surface area contributed by atoms with Crippen LogP contribution >= 0.6 is 0 Å². The minimum Gasteiger partial charge on any atom is -0.449 e. The first kappa shape index (κ1) is 19.6. The summed E-state index contributed by atoms with van der Waals surface area (Å²) >= 11 is 0. The van der Waals surface area contributed by atoms with Gasteiger partial charge >= 0.3 is 6.09 Å². The zero-order valence-electron chi connectivity index (χ0n) is 15.4. The molecule has 0 aliphatic carbocycles. The third kappa shape index (κ3) is 5.32. The summed E-state index contributed by atoms with van der Waals surface area (Å²) < 4.78 is 16.2. The summed E-state index contributed by atoms with van der Waals surface area (Å²) in [5.41, 5.74) is 0.823. The molecule has 2 amide bonds. The van der Waals surface area contributed by atoms with Crippen LogP contribution in [-0.4, -0.2) is 48.5 Å². The molecule has 1 aliphatic rings. The molecular formula is C17H29NO5. The fourth-order valence-corrected chi connectivity index (χ4v) is 2.02. The molecule has 0 aromatic carbocycles. The summed E-state index contributed by atoms with van der Waals surface area (Å²) in [6, 6.07) is -0.477. The van der Waals surface area contributed by atoms with Gasteiger partial charge in [0.2, 0.25) is 0 Å². The van der Waals surface area contributed by atoms with E-state index in [1.54, 1.807) is 13.8 Å². The molecule has 1 fully saturated rings. The average Bonchev–Trinajstić information content (AvgIpc) is 2.41. The maximum Gasteiger partial charge on any atom is 0.417 e. The Morgan fingerprint density at radius 3 is 2.22 bits per heavy atom. The van der Waals surface area contributed by atoms with Gasteiger partial charge in [-0.05, 0) is 33.1 Å². The molecule has 1 heterocycles. The second kappa shape index (κ2) is 7.01. The van der Waals surface area contributed by atoms with E-state index in [0.717, 1.165) is 10.5 Å². The van der Waals surface area contributed by atoms with E-state index < -0.39 is 29.9 Å². The maximum absolute atomic E-state index is 12.3. The quantitative estimate of drug-likeness (QED) is 0.441. The van der Waals surface area contributed by atoms with Crippen molar-refractivity contribution in [2.45, 2.75) is 66.4 Å². The smallest absolute Gasteiger partial charge is 0.417 e. The van der Waals surface area contributed by atoms with Crippen molar-refractivity contribution in [3.05, 3.63) is 11.6 Å². The van der Waals surface area contributed by atoms with E-state index in [4.69, 9.17) is 14.2 Å². The molecule has 0 aromatic heterocycles. The number of nitrogens with zero attached hydrogens (tertiary/aromatic N) is 1. The molecule has 0 aromatic rings. The molecule has 1 aliphatic heterocycles. The first-order chi connectivity index (χ1) is 10.4. The van der Waals surface area contributed by atoms with Crippen molar-refractivity contribution in [3.63, 3.8) is 0 Å². The molecule has 2 atom stereocenters. The number of methoxy groups -OCH3 is 1. The van der Waals surface area contributed by atoms with Gasteiger partial charge in [-0.3, -0.25) is 4.79 Å². The lowest BCUT2D eigenvalue weighted by molar-refractivity contribution is -0.246. The van der Waals surface area contributed by atoms with Crippen LogP contribution in [0.1, 0.15) is 48.5 Å². The van der Waals surface area contributed by atoms with Crippen molar-refractivity contribution in [1.29, 1.82) is 0 Å². The topological polar surface area (TPSA) is 65.1 Å². The molecular weight excluding hydrogens is 298 g/mol. The molecule has 6 heteroatoms. The van der Waals surface area contributed by atoms with Crippen molar-refractivity contribution in [1.82, 2.24) is 4.90 Å². The fourth-order valence-electron chi connectivity index (χ4n) is 2.02. The molecule has 0 radical (unpaired) electrons. The van der Waals surface area contributed by atoms with Crippen LogP contribution in [0.3, 0.4) is 0 Å². The highest BCUT2D eigenvalue weighted by Crippen LogP contribution is 2.30. The van der Waals surface area contributed by atoms with Crippen LogP contribution < -0.4 is 0 Å². The largest absolute Gasteiger partial charge is 0.449 e. The van der Waals surface area contributed by atoms with E-state index in [9.17, 15) is 9.59 Å². The van der Waals surface area contributed by atoms with E-state index in [0.29, 0.717) is 0 Å².